The number of fused-ring (bicyclic) bond motifs is 1. The van der Waals surface area contributed by atoms with Crippen molar-refractivity contribution in [2.24, 2.45) is 0 Å². The molecule has 0 aromatic heterocycles. The van der Waals surface area contributed by atoms with E-state index in [2.05, 4.69) is 40.7 Å². The summed E-state index contributed by atoms with van der Waals surface area (Å²) in [6, 6.07) is 13.5. The minimum atomic E-state index is -0.115. The quantitative estimate of drug-likeness (QED) is 0.899. The van der Waals surface area contributed by atoms with Gasteiger partial charge in [0.25, 0.3) is 0 Å². The average molecular weight is 337 g/mol. The van der Waals surface area contributed by atoms with E-state index in [4.69, 9.17) is 0 Å². The van der Waals surface area contributed by atoms with Gasteiger partial charge in [-0.25, -0.2) is 0 Å². The maximum atomic E-state index is 12.4. The van der Waals surface area contributed by atoms with E-state index in [0.29, 0.717) is 12.2 Å². The van der Waals surface area contributed by atoms with E-state index < -0.39 is 0 Å². The molecule has 0 spiro atoms. The second-order valence-electron chi connectivity index (χ2n) is 6.46. The van der Waals surface area contributed by atoms with Gasteiger partial charge in [-0.3, -0.25) is 9.59 Å². The van der Waals surface area contributed by atoms with Gasteiger partial charge >= 0.3 is 0 Å². The summed E-state index contributed by atoms with van der Waals surface area (Å²) in [6.07, 6.45) is 2.13. The zero-order valence-electron chi connectivity index (χ0n) is 14.6. The third-order valence-electron chi connectivity index (χ3n) is 4.27. The molecule has 25 heavy (non-hydrogen) atoms. The van der Waals surface area contributed by atoms with E-state index in [-0.39, 0.29) is 11.8 Å². The molecule has 0 unspecified atom stereocenters. The zero-order chi connectivity index (χ0) is 17.8. The molecule has 1 heterocycles. The Labute approximate surface area is 148 Å². The molecule has 0 aliphatic carbocycles. The summed E-state index contributed by atoms with van der Waals surface area (Å²) in [5.74, 6) is -0.156. The topological polar surface area (TPSA) is 61.4 Å². The molecule has 5 nitrogen and oxygen atoms in total. The van der Waals surface area contributed by atoms with Gasteiger partial charge in [0.2, 0.25) is 11.8 Å². The lowest BCUT2D eigenvalue weighted by Crippen LogP contribution is -2.36. The van der Waals surface area contributed by atoms with Crippen molar-refractivity contribution < 1.29 is 9.59 Å². The SMILES string of the molecule is CC(=O)Nc1ccc(NC(=O)CN2CCCc3cc(C)ccc32)cc1. The number of hydrogen-bond acceptors (Lipinski definition) is 3. The van der Waals surface area contributed by atoms with E-state index in [9.17, 15) is 9.59 Å². The molecule has 1 aliphatic rings. The third kappa shape index (κ3) is 4.38. The first-order valence-electron chi connectivity index (χ1n) is 8.53. The van der Waals surface area contributed by atoms with Gasteiger partial charge in [-0.1, -0.05) is 17.7 Å². The predicted octanol–water partition coefficient (Wildman–Crippen LogP) is 3.34. The Bertz CT molecular complexity index is 784. The summed E-state index contributed by atoms with van der Waals surface area (Å²) >= 11 is 0. The lowest BCUT2D eigenvalue weighted by atomic mass is 9.99. The van der Waals surface area contributed by atoms with Crippen LogP contribution in [0.15, 0.2) is 42.5 Å². The Balaban J connectivity index is 1.63. The van der Waals surface area contributed by atoms with Crippen LogP contribution in [0.5, 0.6) is 0 Å². The summed E-state index contributed by atoms with van der Waals surface area (Å²) in [4.78, 5) is 25.6. The minimum Gasteiger partial charge on any atom is -0.362 e. The molecule has 0 bridgehead atoms. The molecule has 3 rings (SSSR count). The maximum Gasteiger partial charge on any atom is 0.243 e. The second kappa shape index (κ2) is 7.38. The number of rotatable bonds is 4. The van der Waals surface area contributed by atoms with Gasteiger partial charge in [0, 0.05) is 30.5 Å². The smallest absolute Gasteiger partial charge is 0.243 e. The number of aryl methyl sites for hydroxylation is 2. The van der Waals surface area contributed by atoms with Gasteiger partial charge in [-0.05, 0) is 55.7 Å². The van der Waals surface area contributed by atoms with Crippen molar-refractivity contribution in [1.82, 2.24) is 0 Å². The Morgan fingerprint density at radius 1 is 1.04 bits per heavy atom. The highest BCUT2D eigenvalue weighted by molar-refractivity contribution is 5.95. The fourth-order valence-electron chi connectivity index (χ4n) is 3.18. The second-order valence-corrected chi connectivity index (χ2v) is 6.46. The van der Waals surface area contributed by atoms with Crippen LogP contribution >= 0.6 is 0 Å². The molecule has 0 saturated carbocycles. The standard InChI is InChI=1S/C20H23N3O2/c1-14-5-10-19-16(12-14)4-3-11-23(19)13-20(25)22-18-8-6-17(7-9-18)21-15(2)24/h5-10,12H,3-4,11,13H2,1-2H3,(H,21,24)(H,22,25). The first-order valence-corrected chi connectivity index (χ1v) is 8.53. The van der Waals surface area contributed by atoms with E-state index in [0.717, 1.165) is 30.8 Å². The first kappa shape index (κ1) is 17.0. The molecular weight excluding hydrogens is 314 g/mol. The predicted molar refractivity (Wildman–Crippen MR) is 101 cm³/mol. The van der Waals surface area contributed by atoms with Gasteiger partial charge in [-0.15, -0.1) is 0 Å². The van der Waals surface area contributed by atoms with Crippen molar-refractivity contribution in [2.75, 3.05) is 28.6 Å². The monoisotopic (exact) mass is 337 g/mol. The highest BCUT2D eigenvalue weighted by atomic mass is 16.2. The van der Waals surface area contributed by atoms with E-state index in [1.54, 1.807) is 24.3 Å². The molecule has 2 aromatic rings. The normalized spacial score (nSPS) is 13.1. The highest BCUT2D eigenvalue weighted by Crippen LogP contribution is 2.27. The minimum absolute atomic E-state index is 0.0410. The van der Waals surface area contributed by atoms with Crippen molar-refractivity contribution in [3.63, 3.8) is 0 Å². The molecule has 1 aliphatic heterocycles. The van der Waals surface area contributed by atoms with Crippen LogP contribution in [-0.2, 0) is 16.0 Å². The van der Waals surface area contributed by atoms with Crippen molar-refractivity contribution in [1.29, 1.82) is 0 Å². The van der Waals surface area contributed by atoms with Crippen LogP contribution in [0.2, 0.25) is 0 Å². The fourth-order valence-corrected chi connectivity index (χ4v) is 3.18. The van der Waals surface area contributed by atoms with Crippen molar-refractivity contribution in [3.8, 4) is 0 Å². The molecule has 2 N–H and O–H groups in total. The van der Waals surface area contributed by atoms with Crippen LogP contribution < -0.4 is 15.5 Å². The number of carbonyl (C=O) groups excluding carboxylic acids is 2. The maximum absolute atomic E-state index is 12.4. The Morgan fingerprint density at radius 2 is 1.72 bits per heavy atom. The van der Waals surface area contributed by atoms with E-state index >= 15 is 0 Å². The summed E-state index contributed by atoms with van der Waals surface area (Å²) in [5.41, 5.74) is 5.17. The number of benzene rings is 2. The Kier molecular flexibility index (Phi) is 5.03. The van der Waals surface area contributed by atoms with Crippen molar-refractivity contribution in [3.05, 3.63) is 53.6 Å². The molecule has 5 heteroatoms. The van der Waals surface area contributed by atoms with Crippen LogP contribution in [0, 0.1) is 6.92 Å². The molecule has 130 valence electrons. The van der Waals surface area contributed by atoms with Crippen LogP contribution in [0.25, 0.3) is 0 Å². The largest absolute Gasteiger partial charge is 0.362 e. The third-order valence-corrected chi connectivity index (χ3v) is 4.27. The fraction of sp³-hybridized carbons (Fsp3) is 0.300. The number of hydrogen-bond donors (Lipinski definition) is 2. The lowest BCUT2D eigenvalue weighted by Gasteiger charge is -2.31. The highest BCUT2D eigenvalue weighted by Gasteiger charge is 2.19. The van der Waals surface area contributed by atoms with Gasteiger partial charge < -0.3 is 15.5 Å². The number of nitrogens with zero attached hydrogens (tertiary/aromatic N) is 1. The summed E-state index contributed by atoms with van der Waals surface area (Å²) in [5, 5.41) is 5.63. The summed E-state index contributed by atoms with van der Waals surface area (Å²) in [7, 11) is 0. The first-order chi connectivity index (χ1) is 12.0. The molecule has 0 saturated heterocycles. The number of anilines is 3. The number of amides is 2. The number of carbonyl (C=O) groups is 2. The van der Waals surface area contributed by atoms with Gasteiger partial charge in [0.15, 0.2) is 0 Å². The van der Waals surface area contributed by atoms with E-state index in [1.165, 1.54) is 18.1 Å². The Hall–Kier alpha value is -2.82. The van der Waals surface area contributed by atoms with Crippen LogP contribution in [0.4, 0.5) is 17.1 Å². The summed E-state index contributed by atoms with van der Waals surface area (Å²) < 4.78 is 0. The van der Waals surface area contributed by atoms with Crippen molar-refractivity contribution in [2.45, 2.75) is 26.7 Å². The van der Waals surface area contributed by atoms with Gasteiger partial charge in [-0.2, -0.15) is 0 Å². The van der Waals surface area contributed by atoms with Crippen molar-refractivity contribution >= 4 is 28.9 Å². The Morgan fingerprint density at radius 3 is 2.40 bits per heavy atom. The zero-order valence-corrected chi connectivity index (χ0v) is 14.6. The van der Waals surface area contributed by atoms with Crippen LogP contribution in [0.1, 0.15) is 24.5 Å². The summed E-state index contributed by atoms with van der Waals surface area (Å²) in [6.45, 7) is 4.79. The lowest BCUT2D eigenvalue weighted by molar-refractivity contribution is -0.115. The molecule has 0 fully saturated rings. The molecule has 2 aromatic carbocycles. The van der Waals surface area contributed by atoms with E-state index in [1.807, 2.05) is 0 Å². The van der Waals surface area contributed by atoms with Crippen LogP contribution in [0.3, 0.4) is 0 Å². The molecule has 0 radical (unpaired) electrons. The average Bonchev–Trinajstić information content (AvgIpc) is 2.56. The van der Waals surface area contributed by atoms with Crippen LogP contribution in [-0.4, -0.2) is 24.9 Å². The molecule has 0 atom stereocenters. The number of nitrogens with one attached hydrogen (secondary N) is 2. The molecule has 2 amide bonds. The van der Waals surface area contributed by atoms with Gasteiger partial charge in [0.05, 0.1) is 6.54 Å². The van der Waals surface area contributed by atoms with Gasteiger partial charge in [0.1, 0.15) is 0 Å². The molecular formula is C20H23N3O2.